The van der Waals surface area contributed by atoms with E-state index in [1.165, 1.54) is 6.42 Å². The molecule has 0 aliphatic heterocycles. The van der Waals surface area contributed by atoms with E-state index in [1.807, 2.05) is 6.92 Å². The molecule has 3 unspecified atom stereocenters. The lowest BCUT2D eigenvalue weighted by atomic mass is 9.88. The summed E-state index contributed by atoms with van der Waals surface area (Å²) in [7, 11) is 0. The van der Waals surface area contributed by atoms with E-state index in [1.54, 1.807) is 0 Å². The molecule has 0 bridgehead atoms. The Morgan fingerprint density at radius 1 is 1.48 bits per heavy atom. The van der Waals surface area contributed by atoms with Crippen LogP contribution in [0.4, 0.5) is 8.78 Å². The molecule has 1 saturated carbocycles. The quantitative estimate of drug-likeness (QED) is 0.754. The van der Waals surface area contributed by atoms with Crippen LogP contribution in [0.3, 0.4) is 0 Å². The van der Waals surface area contributed by atoms with E-state index in [9.17, 15) is 13.6 Å². The van der Waals surface area contributed by atoms with Crippen LogP contribution in [0.5, 0.6) is 0 Å². The molecule has 0 saturated heterocycles. The fraction of sp³-hybridized carbons (Fsp3) is 0.929. The van der Waals surface area contributed by atoms with Gasteiger partial charge in [-0.3, -0.25) is 4.79 Å². The molecule has 3 atom stereocenters. The van der Waals surface area contributed by atoms with Crippen molar-refractivity contribution in [3.63, 3.8) is 0 Å². The van der Waals surface area contributed by atoms with E-state index >= 15 is 0 Å². The minimum absolute atomic E-state index is 0. The highest BCUT2D eigenvalue weighted by molar-refractivity contribution is 5.85. The molecule has 0 aromatic rings. The van der Waals surface area contributed by atoms with Crippen molar-refractivity contribution in [1.82, 2.24) is 5.32 Å². The van der Waals surface area contributed by atoms with E-state index < -0.39 is 31.0 Å². The van der Waals surface area contributed by atoms with Gasteiger partial charge in [0.2, 0.25) is 5.91 Å². The monoisotopic (exact) mass is 328 g/mol. The molecular weight excluding hydrogens is 302 g/mol. The smallest absolute Gasteiger partial charge is 0.277 e. The zero-order valence-electron chi connectivity index (χ0n) is 12.7. The lowest BCUT2D eigenvalue weighted by Crippen LogP contribution is -2.46. The Morgan fingerprint density at radius 2 is 2.14 bits per heavy atom. The van der Waals surface area contributed by atoms with Gasteiger partial charge in [0.15, 0.2) is 0 Å². The molecule has 3 N–H and O–H groups in total. The topological polar surface area (TPSA) is 64.3 Å². The Morgan fingerprint density at radius 3 is 2.67 bits per heavy atom. The van der Waals surface area contributed by atoms with E-state index in [2.05, 4.69) is 12.2 Å². The molecule has 0 aromatic heterocycles. The average Bonchev–Trinajstić information content (AvgIpc) is 2.42. The summed E-state index contributed by atoms with van der Waals surface area (Å²) >= 11 is 0. The molecule has 0 spiro atoms. The number of nitrogens with two attached hydrogens (primary N) is 1. The summed E-state index contributed by atoms with van der Waals surface area (Å²) in [6.07, 6.45) is 4.03. The van der Waals surface area contributed by atoms with Crippen LogP contribution in [0.15, 0.2) is 0 Å². The molecule has 1 fully saturated rings. The third-order valence-corrected chi connectivity index (χ3v) is 3.73. The zero-order chi connectivity index (χ0) is 15.2. The highest BCUT2D eigenvalue weighted by Crippen LogP contribution is 2.27. The average molecular weight is 329 g/mol. The highest BCUT2D eigenvalue weighted by Gasteiger charge is 2.30. The predicted molar refractivity (Wildman–Crippen MR) is 80.8 cm³/mol. The fourth-order valence-electron chi connectivity index (χ4n) is 2.48. The molecule has 0 radical (unpaired) electrons. The van der Waals surface area contributed by atoms with Gasteiger partial charge in [0.25, 0.3) is 5.92 Å². The number of amides is 1. The number of hydrogen-bond donors (Lipinski definition) is 2. The standard InChI is InChI=1S/C14H26F2N2O2.ClH/c1-3-12(13(19)18-9-14(15,16)8-17)20-11-6-4-5-10(2)7-11;/h10-12H,3-9,17H2,1-2H3,(H,18,19);1H. The second-order valence-electron chi connectivity index (χ2n) is 5.70. The van der Waals surface area contributed by atoms with Crippen LogP contribution in [-0.2, 0) is 9.53 Å². The van der Waals surface area contributed by atoms with Gasteiger partial charge in [0.05, 0.1) is 19.2 Å². The number of nitrogens with one attached hydrogen (secondary N) is 1. The van der Waals surface area contributed by atoms with Crippen molar-refractivity contribution in [2.75, 3.05) is 13.1 Å². The maximum absolute atomic E-state index is 13.0. The molecule has 21 heavy (non-hydrogen) atoms. The number of carbonyl (C=O) groups excluding carboxylic acids is 1. The number of hydrogen-bond acceptors (Lipinski definition) is 3. The molecule has 4 nitrogen and oxygen atoms in total. The van der Waals surface area contributed by atoms with Crippen LogP contribution in [0.2, 0.25) is 0 Å². The van der Waals surface area contributed by atoms with Crippen LogP contribution in [0.25, 0.3) is 0 Å². The molecule has 0 heterocycles. The second-order valence-corrected chi connectivity index (χ2v) is 5.70. The SMILES string of the molecule is CCC(OC1CCCC(C)C1)C(=O)NCC(F)(F)CN.Cl. The van der Waals surface area contributed by atoms with E-state index in [0.29, 0.717) is 12.3 Å². The Bertz CT molecular complexity index is 319. The number of rotatable bonds is 7. The molecule has 0 aromatic carbocycles. The lowest BCUT2D eigenvalue weighted by Gasteiger charge is -2.30. The first-order chi connectivity index (χ1) is 9.38. The summed E-state index contributed by atoms with van der Waals surface area (Å²) in [5.74, 6) is -2.94. The van der Waals surface area contributed by atoms with Gasteiger partial charge >= 0.3 is 0 Å². The third kappa shape index (κ3) is 7.38. The second kappa shape index (κ2) is 9.54. The Balaban J connectivity index is 0.00000400. The predicted octanol–water partition coefficient (Wildman–Crippen LogP) is 2.49. The summed E-state index contributed by atoms with van der Waals surface area (Å²) in [5, 5.41) is 2.23. The van der Waals surface area contributed by atoms with Gasteiger partial charge in [-0.25, -0.2) is 8.78 Å². The lowest BCUT2D eigenvalue weighted by molar-refractivity contribution is -0.140. The van der Waals surface area contributed by atoms with Crippen molar-refractivity contribution in [3.8, 4) is 0 Å². The van der Waals surface area contributed by atoms with Gasteiger partial charge < -0.3 is 15.8 Å². The first-order valence-electron chi connectivity index (χ1n) is 7.39. The van der Waals surface area contributed by atoms with Crippen molar-refractivity contribution in [2.24, 2.45) is 11.7 Å². The van der Waals surface area contributed by atoms with E-state index in [4.69, 9.17) is 10.5 Å². The highest BCUT2D eigenvalue weighted by atomic mass is 35.5. The molecule has 126 valence electrons. The van der Waals surface area contributed by atoms with E-state index in [-0.39, 0.29) is 18.5 Å². The van der Waals surface area contributed by atoms with Crippen LogP contribution >= 0.6 is 12.4 Å². The van der Waals surface area contributed by atoms with Crippen molar-refractivity contribution < 1.29 is 18.3 Å². The Hall–Kier alpha value is -0.460. The van der Waals surface area contributed by atoms with Crippen LogP contribution < -0.4 is 11.1 Å². The number of halogens is 3. The van der Waals surface area contributed by atoms with Gasteiger partial charge in [0.1, 0.15) is 6.10 Å². The van der Waals surface area contributed by atoms with Crippen molar-refractivity contribution in [1.29, 1.82) is 0 Å². The maximum atomic E-state index is 13.0. The molecule has 1 rings (SSSR count). The Labute approximate surface area is 131 Å². The van der Waals surface area contributed by atoms with Crippen molar-refractivity contribution >= 4 is 18.3 Å². The van der Waals surface area contributed by atoms with Crippen LogP contribution in [0, 0.1) is 5.92 Å². The minimum Gasteiger partial charge on any atom is -0.365 e. The van der Waals surface area contributed by atoms with E-state index in [0.717, 1.165) is 19.3 Å². The maximum Gasteiger partial charge on any atom is 0.277 e. The summed E-state index contributed by atoms with van der Waals surface area (Å²) in [6.45, 7) is 2.48. The number of ether oxygens (including phenoxy) is 1. The van der Waals surface area contributed by atoms with Gasteiger partial charge in [-0.2, -0.15) is 0 Å². The first kappa shape index (κ1) is 20.5. The van der Waals surface area contributed by atoms with Gasteiger partial charge in [0, 0.05) is 0 Å². The first-order valence-corrected chi connectivity index (χ1v) is 7.39. The molecule has 1 aliphatic rings. The minimum atomic E-state index is -3.06. The fourth-order valence-corrected chi connectivity index (χ4v) is 2.48. The summed E-state index contributed by atoms with van der Waals surface area (Å²) in [5.41, 5.74) is 4.93. The van der Waals surface area contributed by atoms with Gasteiger partial charge in [-0.15, -0.1) is 12.4 Å². The summed E-state index contributed by atoms with van der Waals surface area (Å²) in [6, 6.07) is 0. The molecule has 1 amide bonds. The molecular formula is C14H27ClF2N2O2. The van der Waals surface area contributed by atoms with Crippen molar-refractivity contribution in [2.45, 2.75) is 64.1 Å². The largest absolute Gasteiger partial charge is 0.365 e. The summed E-state index contributed by atoms with van der Waals surface area (Å²) < 4.78 is 31.8. The molecule has 7 heteroatoms. The Kier molecular flexibility index (Phi) is 9.33. The molecule has 1 aliphatic carbocycles. The summed E-state index contributed by atoms with van der Waals surface area (Å²) in [4.78, 5) is 11.9. The van der Waals surface area contributed by atoms with Crippen LogP contribution in [0.1, 0.15) is 46.0 Å². The third-order valence-electron chi connectivity index (χ3n) is 3.73. The number of alkyl halides is 2. The zero-order valence-corrected chi connectivity index (χ0v) is 13.6. The normalized spacial score (nSPS) is 24.0. The van der Waals surface area contributed by atoms with Gasteiger partial charge in [-0.05, 0) is 25.2 Å². The van der Waals surface area contributed by atoms with Crippen LogP contribution in [-0.4, -0.2) is 37.1 Å². The van der Waals surface area contributed by atoms with Crippen molar-refractivity contribution in [3.05, 3.63) is 0 Å². The number of carbonyl (C=O) groups is 1. The van der Waals surface area contributed by atoms with Gasteiger partial charge in [-0.1, -0.05) is 26.7 Å².